The predicted molar refractivity (Wildman–Crippen MR) is 222 cm³/mol. The first-order valence-corrected chi connectivity index (χ1v) is 23.4. The average molecular weight is 742 g/mol. The van der Waals surface area contributed by atoms with E-state index in [2.05, 4.69) is 25.7 Å². The molecule has 1 unspecified atom stereocenters. The van der Waals surface area contributed by atoms with Gasteiger partial charge in [-0.25, -0.2) is 0 Å². The van der Waals surface area contributed by atoms with E-state index in [0.29, 0.717) is 19.6 Å². The van der Waals surface area contributed by atoms with Gasteiger partial charge in [-0.1, -0.05) is 143 Å². The number of thioether (sulfide) groups is 1. The molecule has 0 aromatic carbocycles. The summed E-state index contributed by atoms with van der Waals surface area (Å²) >= 11 is 1.89. The summed E-state index contributed by atoms with van der Waals surface area (Å²) in [7, 11) is 0. The molecule has 0 saturated carbocycles. The van der Waals surface area contributed by atoms with Gasteiger partial charge in [0.2, 0.25) is 0 Å². The van der Waals surface area contributed by atoms with Gasteiger partial charge in [0.25, 0.3) is 0 Å². The molecule has 0 radical (unpaired) electrons. The molecule has 304 valence electrons. The maximum atomic E-state index is 12.7. The van der Waals surface area contributed by atoms with Crippen LogP contribution in [-0.4, -0.2) is 72.4 Å². The minimum absolute atomic E-state index is 0.00756. The topological polar surface area (TPSA) is 76.1 Å². The highest BCUT2D eigenvalue weighted by atomic mass is 32.2. The third kappa shape index (κ3) is 36.0. The highest BCUT2D eigenvalue weighted by Crippen LogP contribution is 2.19. The number of hydrogen-bond acceptors (Lipinski definition) is 7. The molecule has 0 aromatic heterocycles. The van der Waals surface area contributed by atoms with Crippen molar-refractivity contribution >= 4 is 23.7 Å². The summed E-state index contributed by atoms with van der Waals surface area (Å²) in [6.45, 7) is 12.2. The zero-order valence-electron chi connectivity index (χ0n) is 34.5. The smallest absolute Gasteiger partial charge is 0.309 e. The van der Waals surface area contributed by atoms with Gasteiger partial charge in [0, 0.05) is 18.7 Å². The van der Waals surface area contributed by atoms with Gasteiger partial charge in [-0.05, 0) is 83.1 Å². The average Bonchev–Trinajstić information content (AvgIpc) is 3.12. The summed E-state index contributed by atoms with van der Waals surface area (Å²) in [5.41, 5.74) is 0. The standard InChI is InChI=1S/C44H87NO5S/c1-5-8-11-14-18-24-31-42(32-25-19-15-12-9-6-2)50-43(47)33-26-20-17-21-27-34-45(36-37-46)35-28-23-29-38-49-44(48)41(4)40-51-39-30-22-16-13-10-7-3/h41-42,46H,5-40H2,1-4H3. The van der Waals surface area contributed by atoms with Gasteiger partial charge in [0.1, 0.15) is 6.10 Å². The third-order valence-corrected chi connectivity index (χ3v) is 11.4. The fraction of sp³-hybridized carbons (Fsp3) is 0.955. The Morgan fingerprint density at radius 1 is 0.588 bits per heavy atom. The summed E-state index contributed by atoms with van der Waals surface area (Å²) in [5.74, 6) is 1.92. The molecule has 0 aliphatic rings. The predicted octanol–water partition coefficient (Wildman–Crippen LogP) is 12.5. The molecule has 0 aromatic rings. The van der Waals surface area contributed by atoms with Gasteiger partial charge in [-0.2, -0.15) is 11.8 Å². The van der Waals surface area contributed by atoms with Crippen LogP contribution in [-0.2, 0) is 19.1 Å². The largest absolute Gasteiger partial charge is 0.465 e. The summed E-state index contributed by atoms with van der Waals surface area (Å²) in [4.78, 5) is 27.4. The fourth-order valence-corrected chi connectivity index (χ4v) is 7.73. The first kappa shape index (κ1) is 50.2. The molecule has 0 spiro atoms. The Bertz CT molecular complexity index is 722. The van der Waals surface area contributed by atoms with Gasteiger partial charge in [0.15, 0.2) is 0 Å². The zero-order chi connectivity index (χ0) is 37.5. The lowest BCUT2D eigenvalue weighted by Crippen LogP contribution is -2.29. The Hall–Kier alpha value is -0.790. The van der Waals surface area contributed by atoms with Crippen molar-refractivity contribution in [3.05, 3.63) is 0 Å². The lowest BCUT2D eigenvalue weighted by atomic mass is 10.0. The van der Waals surface area contributed by atoms with Crippen LogP contribution >= 0.6 is 11.8 Å². The van der Waals surface area contributed by atoms with Gasteiger partial charge in [0.05, 0.1) is 19.1 Å². The highest BCUT2D eigenvalue weighted by molar-refractivity contribution is 7.99. The maximum absolute atomic E-state index is 12.7. The normalized spacial score (nSPS) is 12.2. The molecule has 0 bridgehead atoms. The number of ether oxygens (including phenoxy) is 2. The van der Waals surface area contributed by atoms with Crippen LogP contribution in [0.25, 0.3) is 0 Å². The van der Waals surface area contributed by atoms with E-state index in [0.717, 1.165) is 88.8 Å². The van der Waals surface area contributed by atoms with Crippen LogP contribution in [0.2, 0.25) is 0 Å². The van der Waals surface area contributed by atoms with E-state index in [1.165, 1.54) is 116 Å². The van der Waals surface area contributed by atoms with Gasteiger partial charge >= 0.3 is 11.9 Å². The number of hydrogen-bond donors (Lipinski definition) is 1. The number of esters is 2. The Balaban J connectivity index is 4.02. The Morgan fingerprint density at radius 3 is 1.61 bits per heavy atom. The number of rotatable bonds is 41. The van der Waals surface area contributed by atoms with Crippen molar-refractivity contribution in [1.82, 2.24) is 4.90 Å². The number of unbranched alkanes of at least 4 members (excludes halogenated alkanes) is 21. The molecule has 0 saturated heterocycles. The van der Waals surface area contributed by atoms with Crippen LogP contribution < -0.4 is 0 Å². The van der Waals surface area contributed by atoms with Crippen molar-refractivity contribution in [2.75, 3.05) is 44.4 Å². The highest BCUT2D eigenvalue weighted by Gasteiger charge is 2.15. The molecule has 1 atom stereocenters. The van der Waals surface area contributed by atoms with Crippen molar-refractivity contribution in [3.8, 4) is 0 Å². The molecule has 51 heavy (non-hydrogen) atoms. The van der Waals surface area contributed by atoms with Crippen molar-refractivity contribution < 1.29 is 24.2 Å². The monoisotopic (exact) mass is 742 g/mol. The fourth-order valence-electron chi connectivity index (χ4n) is 6.67. The lowest BCUT2D eigenvalue weighted by Gasteiger charge is -2.21. The molecular formula is C44H87NO5S. The second-order valence-corrected chi connectivity index (χ2v) is 16.4. The second kappa shape index (κ2) is 40.4. The maximum Gasteiger partial charge on any atom is 0.309 e. The van der Waals surface area contributed by atoms with Crippen molar-refractivity contribution in [2.45, 2.75) is 220 Å². The van der Waals surface area contributed by atoms with Crippen LogP contribution in [0.5, 0.6) is 0 Å². The molecule has 0 fully saturated rings. The second-order valence-electron chi connectivity index (χ2n) is 15.3. The molecule has 0 amide bonds. The summed E-state index contributed by atoms with van der Waals surface area (Å²) in [5, 5.41) is 9.55. The number of aliphatic hydroxyl groups is 1. The van der Waals surface area contributed by atoms with E-state index >= 15 is 0 Å². The SMILES string of the molecule is CCCCCCCCSCC(C)C(=O)OCCCCCN(CCO)CCCCCCCC(=O)OC(CCCCCCCC)CCCCCCCC. The molecule has 6 nitrogen and oxygen atoms in total. The molecule has 0 rings (SSSR count). The van der Waals surface area contributed by atoms with E-state index in [9.17, 15) is 14.7 Å². The Labute approximate surface area is 322 Å². The minimum atomic E-state index is -0.0552. The minimum Gasteiger partial charge on any atom is -0.465 e. The molecule has 0 aliphatic heterocycles. The van der Waals surface area contributed by atoms with E-state index in [-0.39, 0.29) is 30.6 Å². The van der Waals surface area contributed by atoms with E-state index < -0.39 is 0 Å². The van der Waals surface area contributed by atoms with Gasteiger partial charge < -0.3 is 19.5 Å². The van der Waals surface area contributed by atoms with Crippen LogP contribution in [0.3, 0.4) is 0 Å². The van der Waals surface area contributed by atoms with Crippen LogP contribution in [0.4, 0.5) is 0 Å². The first-order valence-electron chi connectivity index (χ1n) is 22.2. The number of carbonyl (C=O) groups excluding carboxylic acids is 2. The molecule has 0 heterocycles. The van der Waals surface area contributed by atoms with Crippen molar-refractivity contribution in [1.29, 1.82) is 0 Å². The molecule has 7 heteroatoms. The Morgan fingerprint density at radius 2 is 1.06 bits per heavy atom. The van der Waals surface area contributed by atoms with Crippen molar-refractivity contribution in [3.63, 3.8) is 0 Å². The van der Waals surface area contributed by atoms with E-state index in [4.69, 9.17) is 9.47 Å². The van der Waals surface area contributed by atoms with Gasteiger partial charge in [-0.15, -0.1) is 0 Å². The molecule has 0 aliphatic carbocycles. The summed E-state index contributed by atoms with van der Waals surface area (Å²) in [6, 6.07) is 0. The molecule has 1 N–H and O–H groups in total. The van der Waals surface area contributed by atoms with Crippen LogP contribution in [0.15, 0.2) is 0 Å². The summed E-state index contributed by atoms with van der Waals surface area (Å²) < 4.78 is 11.6. The Kier molecular flexibility index (Phi) is 39.8. The quantitative estimate of drug-likeness (QED) is 0.0494. The third-order valence-electron chi connectivity index (χ3n) is 10.1. The lowest BCUT2D eigenvalue weighted by molar-refractivity contribution is -0.150. The van der Waals surface area contributed by atoms with E-state index in [1.54, 1.807) is 0 Å². The van der Waals surface area contributed by atoms with E-state index in [1.807, 2.05) is 18.7 Å². The first-order chi connectivity index (χ1) is 25.0. The summed E-state index contributed by atoms with van der Waals surface area (Å²) in [6.07, 6.45) is 34.4. The number of nitrogens with zero attached hydrogens (tertiary/aromatic N) is 1. The van der Waals surface area contributed by atoms with Crippen molar-refractivity contribution in [2.24, 2.45) is 5.92 Å². The molecular weight excluding hydrogens is 655 g/mol. The number of aliphatic hydroxyl groups excluding tert-OH is 1. The van der Waals surface area contributed by atoms with Crippen LogP contribution in [0, 0.1) is 5.92 Å². The van der Waals surface area contributed by atoms with Gasteiger partial charge in [-0.3, -0.25) is 9.59 Å². The van der Waals surface area contributed by atoms with Crippen LogP contribution in [0.1, 0.15) is 214 Å². The number of carbonyl (C=O) groups is 2. The zero-order valence-corrected chi connectivity index (χ0v) is 35.4.